The van der Waals surface area contributed by atoms with Crippen molar-refractivity contribution in [3.05, 3.63) is 95.1 Å². The molecule has 0 bridgehead atoms. The minimum absolute atomic E-state index is 0.0687. The summed E-state index contributed by atoms with van der Waals surface area (Å²) in [7, 11) is 5.84. The maximum atomic E-state index is 13.7. The molecule has 11 heteroatoms. The lowest BCUT2D eigenvalue weighted by Gasteiger charge is -2.25. The molecule has 0 heterocycles. The molecular formula is C33H32F3NO7. The van der Waals surface area contributed by atoms with Gasteiger partial charge in [0.25, 0.3) is 0 Å². The molecule has 0 radical (unpaired) electrons. The predicted molar refractivity (Wildman–Crippen MR) is 159 cm³/mol. The average Bonchev–Trinajstić information content (AvgIpc) is 3.01. The van der Waals surface area contributed by atoms with Crippen molar-refractivity contribution in [2.75, 3.05) is 28.4 Å². The van der Waals surface area contributed by atoms with Crippen molar-refractivity contribution in [3.63, 3.8) is 0 Å². The summed E-state index contributed by atoms with van der Waals surface area (Å²) in [6.07, 6.45) is 0.438. The molecule has 0 aromatic heterocycles. The Kier molecular flexibility index (Phi) is 11.3. The normalized spacial score (nSPS) is 12.3. The Balaban J connectivity index is 2.09. The van der Waals surface area contributed by atoms with Crippen LogP contribution in [0.3, 0.4) is 0 Å². The molecule has 1 amide bonds. The van der Waals surface area contributed by atoms with Crippen LogP contribution >= 0.6 is 0 Å². The number of amides is 1. The van der Waals surface area contributed by atoms with Crippen LogP contribution in [0.25, 0.3) is 12.2 Å². The van der Waals surface area contributed by atoms with Crippen LogP contribution in [0.5, 0.6) is 23.0 Å². The number of rotatable bonds is 13. The molecule has 3 aromatic carbocycles. The third-order valence-corrected chi connectivity index (χ3v) is 6.57. The smallest absolute Gasteiger partial charge is 0.416 e. The summed E-state index contributed by atoms with van der Waals surface area (Å²) in [4.78, 5) is 39.6. The van der Waals surface area contributed by atoms with Gasteiger partial charge in [0.15, 0.2) is 34.6 Å². The van der Waals surface area contributed by atoms with Crippen LogP contribution in [0, 0.1) is 5.92 Å². The van der Waals surface area contributed by atoms with E-state index in [1.54, 1.807) is 36.4 Å². The molecular weight excluding hydrogens is 579 g/mol. The second kappa shape index (κ2) is 14.9. The van der Waals surface area contributed by atoms with Crippen molar-refractivity contribution in [1.82, 2.24) is 5.32 Å². The highest BCUT2D eigenvalue weighted by Gasteiger charge is 2.36. The summed E-state index contributed by atoms with van der Waals surface area (Å²) in [6.45, 7) is 1.14. The Labute approximate surface area is 253 Å². The Morgan fingerprint density at radius 1 is 0.705 bits per heavy atom. The number of alkyl halides is 3. The fourth-order valence-corrected chi connectivity index (χ4v) is 4.43. The summed E-state index contributed by atoms with van der Waals surface area (Å²) in [5, 5.41) is 2.51. The van der Waals surface area contributed by atoms with Gasteiger partial charge in [0.2, 0.25) is 5.91 Å². The van der Waals surface area contributed by atoms with E-state index in [9.17, 15) is 27.6 Å². The van der Waals surface area contributed by atoms with Gasteiger partial charge in [-0.2, -0.15) is 13.2 Å². The van der Waals surface area contributed by atoms with E-state index in [1.807, 2.05) is 0 Å². The van der Waals surface area contributed by atoms with Gasteiger partial charge in [0, 0.05) is 6.92 Å². The number of hydrogen-bond acceptors (Lipinski definition) is 7. The maximum Gasteiger partial charge on any atom is 0.416 e. The first kappa shape index (κ1) is 33.4. The molecule has 0 spiro atoms. The molecule has 0 saturated carbocycles. The lowest BCUT2D eigenvalue weighted by Crippen LogP contribution is -2.39. The van der Waals surface area contributed by atoms with Gasteiger partial charge < -0.3 is 24.3 Å². The van der Waals surface area contributed by atoms with Crippen molar-refractivity contribution in [2.24, 2.45) is 5.92 Å². The zero-order chi connectivity index (χ0) is 32.4. The van der Waals surface area contributed by atoms with E-state index in [0.717, 1.165) is 37.3 Å². The van der Waals surface area contributed by atoms with E-state index in [4.69, 9.17) is 18.9 Å². The standard InChI is InChI=1S/C33H32F3NO7/c1-20(38)37-32(23-7-6-8-24(19-23)33(34,35)36)31(25(39)13-9-21-11-15-27(41-2)29(17-21)43-4)26(40)14-10-22-12-16-28(42-3)30(18-22)44-5/h6-19,31-32H,1-5H3,(H,37,38)/b13-9+,14-10+. The number of ketones is 2. The van der Waals surface area contributed by atoms with E-state index in [1.165, 1.54) is 46.7 Å². The minimum atomic E-state index is -4.69. The van der Waals surface area contributed by atoms with Crippen LogP contribution in [0.2, 0.25) is 0 Å². The highest BCUT2D eigenvalue weighted by molar-refractivity contribution is 6.14. The van der Waals surface area contributed by atoms with Crippen molar-refractivity contribution in [2.45, 2.75) is 19.1 Å². The number of halogens is 3. The number of carbonyl (C=O) groups excluding carboxylic acids is 3. The van der Waals surface area contributed by atoms with Crippen molar-refractivity contribution in [1.29, 1.82) is 0 Å². The SMILES string of the molecule is COc1ccc(/C=C/C(=O)C(C(=O)/C=C/c2ccc(OC)c(OC)c2)C(NC(C)=O)c2cccc(C(F)(F)F)c2)cc1OC. The van der Waals surface area contributed by atoms with Gasteiger partial charge in [-0.1, -0.05) is 36.4 Å². The minimum Gasteiger partial charge on any atom is -0.493 e. The Morgan fingerprint density at radius 2 is 1.18 bits per heavy atom. The molecule has 8 nitrogen and oxygen atoms in total. The van der Waals surface area contributed by atoms with Gasteiger partial charge in [-0.15, -0.1) is 0 Å². The van der Waals surface area contributed by atoms with Crippen LogP contribution in [-0.4, -0.2) is 45.9 Å². The van der Waals surface area contributed by atoms with Gasteiger partial charge in [-0.3, -0.25) is 14.4 Å². The zero-order valence-electron chi connectivity index (χ0n) is 24.7. The molecule has 1 unspecified atom stereocenters. The van der Waals surface area contributed by atoms with Crippen LogP contribution in [0.1, 0.15) is 35.2 Å². The fraction of sp³-hybridized carbons (Fsp3) is 0.242. The van der Waals surface area contributed by atoms with E-state index in [-0.39, 0.29) is 5.56 Å². The van der Waals surface area contributed by atoms with E-state index < -0.39 is 41.2 Å². The van der Waals surface area contributed by atoms with Crippen molar-refractivity contribution >= 4 is 29.6 Å². The van der Waals surface area contributed by atoms with Gasteiger partial charge in [0.05, 0.1) is 40.0 Å². The van der Waals surface area contributed by atoms with Gasteiger partial charge in [-0.05, 0) is 65.2 Å². The Bertz CT molecular complexity index is 1490. The molecule has 0 aliphatic rings. The molecule has 3 rings (SSSR count). The molecule has 1 N–H and O–H groups in total. The second-order valence-corrected chi connectivity index (χ2v) is 9.48. The number of allylic oxidation sites excluding steroid dienone is 2. The quantitative estimate of drug-likeness (QED) is 0.184. The predicted octanol–water partition coefficient (Wildman–Crippen LogP) is 6.10. The summed E-state index contributed by atoms with van der Waals surface area (Å²) >= 11 is 0. The molecule has 0 fully saturated rings. The number of ether oxygens (including phenoxy) is 4. The lowest BCUT2D eigenvalue weighted by atomic mass is 9.84. The van der Waals surface area contributed by atoms with Crippen molar-refractivity contribution in [3.8, 4) is 23.0 Å². The Morgan fingerprint density at radius 3 is 1.59 bits per heavy atom. The molecule has 3 aromatic rings. The van der Waals surface area contributed by atoms with Crippen LogP contribution in [-0.2, 0) is 20.6 Å². The second-order valence-electron chi connectivity index (χ2n) is 9.48. The summed E-state index contributed by atoms with van der Waals surface area (Å²) in [5.74, 6) is -2.06. The molecule has 0 aliphatic heterocycles. The average molecular weight is 612 g/mol. The van der Waals surface area contributed by atoms with Gasteiger partial charge >= 0.3 is 6.18 Å². The van der Waals surface area contributed by atoms with Gasteiger partial charge in [-0.25, -0.2) is 0 Å². The first-order chi connectivity index (χ1) is 20.9. The van der Waals surface area contributed by atoms with Crippen LogP contribution in [0.4, 0.5) is 13.2 Å². The third kappa shape index (κ3) is 8.50. The first-order valence-corrected chi connectivity index (χ1v) is 13.2. The fourth-order valence-electron chi connectivity index (χ4n) is 4.43. The Hall–Kier alpha value is -5.06. The van der Waals surface area contributed by atoms with E-state index >= 15 is 0 Å². The topological polar surface area (TPSA) is 100 Å². The van der Waals surface area contributed by atoms with Crippen molar-refractivity contribution < 1.29 is 46.5 Å². The third-order valence-electron chi connectivity index (χ3n) is 6.57. The highest BCUT2D eigenvalue weighted by atomic mass is 19.4. The molecule has 232 valence electrons. The number of nitrogens with one attached hydrogen (secondary N) is 1. The molecule has 1 atom stereocenters. The number of benzene rings is 3. The maximum absolute atomic E-state index is 13.7. The summed E-state index contributed by atoms with van der Waals surface area (Å²) in [5.41, 5.74) is -0.0112. The van der Waals surface area contributed by atoms with Gasteiger partial charge in [0.1, 0.15) is 5.92 Å². The zero-order valence-corrected chi connectivity index (χ0v) is 24.7. The van der Waals surface area contributed by atoms with Crippen LogP contribution in [0.15, 0.2) is 72.8 Å². The van der Waals surface area contributed by atoms with E-state index in [2.05, 4.69) is 5.32 Å². The molecule has 44 heavy (non-hydrogen) atoms. The number of hydrogen-bond donors (Lipinski definition) is 1. The monoisotopic (exact) mass is 611 g/mol. The summed E-state index contributed by atoms with van der Waals surface area (Å²) in [6, 6.07) is 12.5. The number of methoxy groups -OCH3 is 4. The first-order valence-electron chi connectivity index (χ1n) is 13.2. The largest absolute Gasteiger partial charge is 0.493 e. The molecule has 0 saturated heterocycles. The molecule has 0 aliphatic carbocycles. The van der Waals surface area contributed by atoms with Crippen LogP contribution < -0.4 is 24.3 Å². The van der Waals surface area contributed by atoms with E-state index in [0.29, 0.717) is 34.1 Å². The summed E-state index contributed by atoms with van der Waals surface area (Å²) < 4.78 is 61.8. The highest BCUT2D eigenvalue weighted by Crippen LogP contribution is 2.34. The lowest BCUT2D eigenvalue weighted by molar-refractivity contribution is -0.137. The number of carbonyl (C=O) groups is 3.